The molecule has 6 heteroatoms. The Hall–Kier alpha value is -2.08. The predicted octanol–water partition coefficient (Wildman–Crippen LogP) is 1.41. The molecule has 1 aromatic rings. The Bertz CT molecular complexity index is 477. The van der Waals surface area contributed by atoms with Crippen molar-refractivity contribution < 1.29 is 14.3 Å². The molecule has 3 amide bonds. The number of imide groups is 1. The van der Waals surface area contributed by atoms with Crippen LogP contribution in [0.3, 0.4) is 0 Å². The van der Waals surface area contributed by atoms with Crippen molar-refractivity contribution in [2.45, 2.75) is 33.4 Å². The summed E-state index contributed by atoms with van der Waals surface area (Å²) in [6, 6.07) is 6.71. The Labute approximate surface area is 125 Å². The lowest BCUT2D eigenvalue weighted by Crippen LogP contribution is -2.47. The molecule has 1 rings (SSSR count). The number of benzene rings is 1. The van der Waals surface area contributed by atoms with Crippen molar-refractivity contribution >= 4 is 11.9 Å². The summed E-state index contributed by atoms with van der Waals surface area (Å²) in [4.78, 5) is 23.0. The second kappa shape index (κ2) is 8.97. The maximum absolute atomic E-state index is 11.8. The number of ether oxygens (including phenoxy) is 1. The Kier molecular flexibility index (Phi) is 7.25. The van der Waals surface area contributed by atoms with Crippen LogP contribution in [0.25, 0.3) is 0 Å². The Morgan fingerprint density at radius 3 is 2.71 bits per heavy atom. The molecule has 0 bridgehead atoms. The maximum Gasteiger partial charge on any atom is 0.321 e. The lowest BCUT2D eigenvalue weighted by molar-refractivity contribution is -0.121. The summed E-state index contributed by atoms with van der Waals surface area (Å²) in [6.45, 7) is 7.04. The van der Waals surface area contributed by atoms with Crippen LogP contribution in [0.2, 0.25) is 0 Å². The van der Waals surface area contributed by atoms with Crippen molar-refractivity contribution in [2.75, 3.05) is 13.2 Å². The summed E-state index contributed by atoms with van der Waals surface area (Å²) in [5, 5.41) is 7.85. The second-order valence-corrected chi connectivity index (χ2v) is 4.53. The second-order valence-electron chi connectivity index (χ2n) is 4.53. The monoisotopic (exact) mass is 293 g/mol. The molecular weight excluding hydrogens is 270 g/mol. The number of hydrogen-bond acceptors (Lipinski definition) is 4. The minimum atomic E-state index is -0.477. The third-order valence-corrected chi connectivity index (χ3v) is 2.79. The standard InChI is InChI=1S/C15H23N3O3/c1-4-16-15(20)18-14(19)11(3)17-10-12-7-6-8-13(9-12)21-5-2/h6-9,11,17H,4-5,10H2,1-3H3,(H2,16,18,19,20). The summed E-state index contributed by atoms with van der Waals surface area (Å²) < 4.78 is 5.42. The zero-order chi connectivity index (χ0) is 15.7. The summed E-state index contributed by atoms with van der Waals surface area (Å²) in [5.41, 5.74) is 1.01. The number of urea groups is 1. The Morgan fingerprint density at radius 1 is 1.29 bits per heavy atom. The van der Waals surface area contributed by atoms with Gasteiger partial charge in [-0.3, -0.25) is 10.1 Å². The summed E-state index contributed by atoms with van der Waals surface area (Å²) >= 11 is 0. The van der Waals surface area contributed by atoms with Crippen LogP contribution in [-0.4, -0.2) is 31.1 Å². The van der Waals surface area contributed by atoms with Gasteiger partial charge in [0.05, 0.1) is 12.6 Å². The van der Waals surface area contributed by atoms with Crippen LogP contribution in [-0.2, 0) is 11.3 Å². The van der Waals surface area contributed by atoms with Crippen LogP contribution in [0.1, 0.15) is 26.3 Å². The van der Waals surface area contributed by atoms with Gasteiger partial charge < -0.3 is 15.4 Å². The van der Waals surface area contributed by atoms with Crippen molar-refractivity contribution in [3.63, 3.8) is 0 Å². The number of amides is 3. The van der Waals surface area contributed by atoms with Gasteiger partial charge in [0.1, 0.15) is 5.75 Å². The molecule has 3 N–H and O–H groups in total. The molecule has 0 aliphatic carbocycles. The molecule has 0 saturated heterocycles. The fraction of sp³-hybridized carbons (Fsp3) is 0.467. The van der Waals surface area contributed by atoms with E-state index in [-0.39, 0.29) is 5.91 Å². The van der Waals surface area contributed by atoms with E-state index in [2.05, 4.69) is 16.0 Å². The molecule has 0 aliphatic heterocycles. The number of hydrogen-bond donors (Lipinski definition) is 3. The lowest BCUT2D eigenvalue weighted by Gasteiger charge is -2.14. The van der Waals surface area contributed by atoms with Gasteiger partial charge in [-0.25, -0.2) is 4.79 Å². The molecule has 1 aromatic carbocycles. The highest BCUT2D eigenvalue weighted by Crippen LogP contribution is 2.13. The third-order valence-electron chi connectivity index (χ3n) is 2.79. The maximum atomic E-state index is 11.8. The number of rotatable bonds is 7. The van der Waals surface area contributed by atoms with Gasteiger partial charge in [0.2, 0.25) is 5.91 Å². The molecule has 0 saturated carbocycles. The predicted molar refractivity (Wildman–Crippen MR) is 81.1 cm³/mol. The number of nitrogens with one attached hydrogen (secondary N) is 3. The Balaban J connectivity index is 2.44. The molecule has 0 spiro atoms. The molecule has 6 nitrogen and oxygen atoms in total. The summed E-state index contributed by atoms with van der Waals surface area (Å²) in [7, 11) is 0. The molecule has 1 unspecified atom stereocenters. The first-order chi connectivity index (χ1) is 10.1. The zero-order valence-electron chi connectivity index (χ0n) is 12.7. The lowest BCUT2D eigenvalue weighted by atomic mass is 10.2. The molecule has 21 heavy (non-hydrogen) atoms. The van der Waals surface area contributed by atoms with Crippen molar-refractivity contribution in [3.8, 4) is 5.75 Å². The van der Waals surface area contributed by atoms with Gasteiger partial charge >= 0.3 is 6.03 Å². The fourth-order valence-corrected chi connectivity index (χ4v) is 1.70. The molecule has 0 heterocycles. The van der Waals surface area contributed by atoms with Crippen molar-refractivity contribution in [1.82, 2.24) is 16.0 Å². The number of carbonyl (C=O) groups excluding carboxylic acids is 2. The summed E-state index contributed by atoms with van der Waals surface area (Å²) in [5.74, 6) is 0.443. The minimum absolute atomic E-state index is 0.359. The van der Waals surface area contributed by atoms with E-state index in [4.69, 9.17) is 4.74 Å². The van der Waals surface area contributed by atoms with Gasteiger partial charge in [-0.15, -0.1) is 0 Å². The van der Waals surface area contributed by atoms with E-state index in [0.29, 0.717) is 19.7 Å². The smallest absolute Gasteiger partial charge is 0.321 e. The first kappa shape index (κ1) is 17.0. The van der Waals surface area contributed by atoms with Gasteiger partial charge in [-0.05, 0) is 38.5 Å². The third kappa shape index (κ3) is 6.27. The highest BCUT2D eigenvalue weighted by molar-refractivity contribution is 5.96. The van der Waals surface area contributed by atoms with E-state index in [1.807, 2.05) is 31.2 Å². The molecular formula is C15H23N3O3. The quantitative estimate of drug-likeness (QED) is 0.710. The average Bonchev–Trinajstić information content (AvgIpc) is 2.45. The van der Waals surface area contributed by atoms with Crippen LogP contribution in [0, 0.1) is 0 Å². The van der Waals surface area contributed by atoms with E-state index < -0.39 is 12.1 Å². The van der Waals surface area contributed by atoms with Crippen molar-refractivity contribution in [3.05, 3.63) is 29.8 Å². The van der Waals surface area contributed by atoms with E-state index in [1.54, 1.807) is 13.8 Å². The van der Waals surface area contributed by atoms with Crippen LogP contribution in [0.15, 0.2) is 24.3 Å². The van der Waals surface area contributed by atoms with Crippen LogP contribution in [0.5, 0.6) is 5.75 Å². The van der Waals surface area contributed by atoms with E-state index in [9.17, 15) is 9.59 Å². The first-order valence-electron chi connectivity index (χ1n) is 7.10. The van der Waals surface area contributed by atoms with Gasteiger partial charge in [0, 0.05) is 13.1 Å². The van der Waals surface area contributed by atoms with Crippen LogP contribution >= 0.6 is 0 Å². The van der Waals surface area contributed by atoms with Crippen molar-refractivity contribution in [1.29, 1.82) is 0 Å². The largest absolute Gasteiger partial charge is 0.494 e. The molecule has 0 radical (unpaired) electrons. The molecule has 0 fully saturated rings. The van der Waals surface area contributed by atoms with E-state index in [0.717, 1.165) is 11.3 Å². The highest BCUT2D eigenvalue weighted by atomic mass is 16.5. The van der Waals surface area contributed by atoms with Gasteiger partial charge in [-0.2, -0.15) is 0 Å². The van der Waals surface area contributed by atoms with Crippen LogP contribution < -0.4 is 20.7 Å². The van der Waals surface area contributed by atoms with Gasteiger partial charge in [-0.1, -0.05) is 12.1 Å². The molecule has 1 atom stereocenters. The first-order valence-corrected chi connectivity index (χ1v) is 7.10. The summed E-state index contributed by atoms with van der Waals surface area (Å²) in [6.07, 6.45) is 0. The minimum Gasteiger partial charge on any atom is -0.494 e. The topological polar surface area (TPSA) is 79.5 Å². The Morgan fingerprint density at radius 2 is 2.05 bits per heavy atom. The van der Waals surface area contributed by atoms with Crippen molar-refractivity contribution in [2.24, 2.45) is 0 Å². The van der Waals surface area contributed by atoms with E-state index >= 15 is 0 Å². The van der Waals surface area contributed by atoms with E-state index in [1.165, 1.54) is 0 Å². The fourth-order valence-electron chi connectivity index (χ4n) is 1.70. The molecule has 0 aliphatic rings. The molecule has 116 valence electrons. The average molecular weight is 293 g/mol. The SMILES string of the molecule is CCNC(=O)NC(=O)C(C)NCc1cccc(OCC)c1. The normalized spacial score (nSPS) is 11.6. The van der Waals surface area contributed by atoms with Gasteiger partial charge in [0.25, 0.3) is 0 Å². The zero-order valence-corrected chi connectivity index (χ0v) is 12.7. The highest BCUT2D eigenvalue weighted by Gasteiger charge is 2.14. The van der Waals surface area contributed by atoms with Crippen LogP contribution in [0.4, 0.5) is 4.79 Å². The number of carbonyl (C=O) groups is 2. The molecule has 0 aromatic heterocycles. The van der Waals surface area contributed by atoms with Gasteiger partial charge in [0.15, 0.2) is 0 Å².